The average molecular weight is 271 g/mol. The van der Waals surface area contributed by atoms with Crippen LogP contribution in [0.1, 0.15) is 36.6 Å². The highest BCUT2D eigenvalue weighted by Gasteiger charge is 2.37. The highest BCUT2D eigenvalue weighted by Crippen LogP contribution is 2.40. The summed E-state index contributed by atoms with van der Waals surface area (Å²) in [5.41, 5.74) is 6.00. The summed E-state index contributed by atoms with van der Waals surface area (Å²) < 4.78 is 0. The van der Waals surface area contributed by atoms with Crippen LogP contribution in [0.15, 0.2) is 11.4 Å². The van der Waals surface area contributed by atoms with Crippen molar-refractivity contribution in [3.63, 3.8) is 0 Å². The molecule has 0 saturated heterocycles. The maximum atomic E-state index is 6.03. The third-order valence-electron chi connectivity index (χ3n) is 3.72. The van der Waals surface area contributed by atoms with Gasteiger partial charge in [0.15, 0.2) is 0 Å². The Bertz CT molecular complexity index is 385. The summed E-state index contributed by atoms with van der Waals surface area (Å²) in [6.07, 6.45) is 5.52. The Kier molecular flexibility index (Phi) is 3.44. The Labute approximate surface area is 112 Å². The number of nitrogens with zero attached hydrogens (tertiary/aromatic N) is 1. The largest absolute Gasteiger partial charge is 0.329 e. The van der Waals surface area contributed by atoms with Crippen molar-refractivity contribution in [1.82, 2.24) is 4.90 Å². The van der Waals surface area contributed by atoms with Crippen molar-refractivity contribution in [3.8, 4) is 0 Å². The zero-order valence-electron chi connectivity index (χ0n) is 9.94. The van der Waals surface area contributed by atoms with E-state index in [2.05, 4.69) is 11.0 Å². The molecule has 2 fully saturated rings. The third kappa shape index (κ3) is 2.84. The summed E-state index contributed by atoms with van der Waals surface area (Å²) in [7, 11) is 0. The van der Waals surface area contributed by atoms with Crippen LogP contribution in [0.5, 0.6) is 0 Å². The SMILES string of the molecule is NCC(c1cc(Cl)cs1)N(CC1CC1)C1CC1. The van der Waals surface area contributed by atoms with Gasteiger partial charge in [-0.3, -0.25) is 4.90 Å². The molecule has 0 radical (unpaired) electrons. The minimum absolute atomic E-state index is 0.389. The molecule has 2 aliphatic carbocycles. The lowest BCUT2D eigenvalue weighted by atomic mass is 10.2. The van der Waals surface area contributed by atoms with Gasteiger partial charge in [0.25, 0.3) is 0 Å². The number of hydrogen-bond acceptors (Lipinski definition) is 3. The van der Waals surface area contributed by atoms with Crippen LogP contribution in [-0.4, -0.2) is 24.0 Å². The minimum Gasteiger partial charge on any atom is -0.329 e. The molecular weight excluding hydrogens is 252 g/mol. The first-order valence-electron chi connectivity index (χ1n) is 6.47. The van der Waals surface area contributed by atoms with E-state index in [0.29, 0.717) is 12.6 Å². The van der Waals surface area contributed by atoms with Crippen molar-refractivity contribution >= 4 is 22.9 Å². The second-order valence-electron chi connectivity index (χ2n) is 5.29. The Morgan fingerprint density at radius 2 is 2.18 bits per heavy atom. The fraction of sp³-hybridized carbons (Fsp3) is 0.692. The van der Waals surface area contributed by atoms with Crippen LogP contribution < -0.4 is 5.73 Å². The van der Waals surface area contributed by atoms with Crippen molar-refractivity contribution in [2.24, 2.45) is 11.7 Å². The molecule has 0 spiro atoms. The van der Waals surface area contributed by atoms with E-state index in [9.17, 15) is 0 Å². The molecule has 2 nitrogen and oxygen atoms in total. The van der Waals surface area contributed by atoms with Crippen LogP contribution in [-0.2, 0) is 0 Å². The van der Waals surface area contributed by atoms with E-state index >= 15 is 0 Å². The summed E-state index contributed by atoms with van der Waals surface area (Å²) >= 11 is 7.78. The maximum absolute atomic E-state index is 6.03. The second kappa shape index (κ2) is 4.88. The lowest BCUT2D eigenvalue weighted by molar-refractivity contribution is 0.185. The van der Waals surface area contributed by atoms with Crippen molar-refractivity contribution in [1.29, 1.82) is 0 Å². The Morgan fingerprint density at radius 1 is 1.41 bits per heavy atom. The molecule has 94 valence electrons. The first kappa shape index (κ1) is 12.0. The molecule has 2 N–H and O–H groups in total. The Balaban J connectivity index is 1.75. The standard InChI is InChI=1S/C13H19ClN2S/c14-10-5-13(17-8-10)12(6-15)16(11-3-4-11)7-9-1-2-9/h5,8-9,11-12H,1-4,6-7,15H2. The molecule has 2 aliphatic rings. The lowest BCUT2D eigenvalue weighted by Crippen LogP contribution is -2.36. The van der Waals surface area contributed by atoms with Gasteiger partial charge >= 0.3 is 0 Å². The zero-order valence-corrected chi connectivity index (χ0v) is 11.5. The molecule has 2 saturated carbocycles. The second-order valence-corrected chi connectivity index (χ2v) is 6.67. The summed E-state index contributed by atoms with van der Waals surface area (Å²) in [6.45, 7) is 1.95. The van der Waals surface area contributed by atoms with Gasteiger partial charge in [-0.2, -0.15) is 0 Å². The van der Waals surface area contributed by atoms with Crippen LogP contribution in [0.3, 0.4) is 0 Å². The number of halogens is 1. The van der Waals surface area contributed by atoms with E-state index in [1.165, 1.54) is 37.1 Å². The molecule has 0 aliphatic heterocycles. The summed E-state index contributed by atoms with van der Waals surface area (Å²) in [5.74, 6) is 0.931. The molecule has 4 heteroatoms. The molecule has 0 amide bonds. The van der Waals surface area contributed by atoms with Gasteiger partial charge in [0, 0.05) is 29.4 Å². The summed E-state index contributed by atoms with van der Waals surface area (Å²) in [4.78, 5) is 3.98. The van der Waals surface area contributed by atoms with Crippen molar-refractivity contribution in [2.75, 3.05) is 13.1 Å². The van der Waals surface area contributed by atoms with Crippen molar-refractivity contribution in [3.05, 3.63) is 21.3 Å². The first-order chi connectivity index (χ1) is 8.28. The van der Waals surface area contributed by atoms with Gasteiger partial charge in [-0.15, -0.1) is 11.3 Å². The third-order valence-corrected chi connectivity index (χ3v) is 5.10. The number of thiophene rings is 1. The normalized spacial score (nSPS) is 22.1. The molecular formula is C13H19ClN2S. The molecule has 1 atom stereocenters. The fourth-order valence-electron chi connectivity index (χ4n) is 2.45. The molecule has 0 bridgehead atoms. The van der Waals surface area contributed by atoms with Crippen molar-refractivity contribution in [2.45, 2.75) is 37.8 Å². The van der Waals surface area contributed by atoms with E-state index in [-0.39, 0.29) is 0 Å². The molecule has 1 heterocycles. The number of hydrogen-bond donors (Lipinski definition) is 1. The highest BCUT2D eigenvalue weighted by atomic mass is 35.5. The molecule has 0 aromatic carbocycles. The summed E-state index contributed by atoms with van der Waals surface area (Å²) in [5, 5.41) is 2.87. The van der Waals surface area contributed by atoms with Crippen LogP contribution in [0.2, 0.25) is 5.02 Å². The van der Waals surface area contributed by atoms with Gasteiger partial charge < -0.3 is 5.73 Å². The van der Waals surface area contributed by atoms with Crippen LogP contribution in [0.4, 0.5) is 0 Å². The van der Waals surface area contributed by atoms with Crippen LogP contribution >= 0.6 is 22.9 Å². The minimum atomic E-state index is 0.389. The number of nitrogens with two attached hydrogens (primary N) is 1. The first-order valence-corrected chi connectivity index (χ1v) is 7.73. The van der Waals surface area contributed by atoms with Gasteiger partial charge in [0.2, 0.25) is 0 Å². The monoisotopic (exact) mass is 270 g/mol. The predicted molar refractivity (Wildman–Crippen MR) is 73.6 cm³/mol. The smallest absolute Gasteiger partial charge is 0.0567 e. The van der Waals surface area contributed by atoms with Gasteiger partial charge in [-0.1, -0.05) is 11.6 Å². The molecule has 1 unspecified atom stereocenters. The van der Waals surface area contributed by atoms with E-state index < -0.39 is 0 Å². The fourth-order valence-corrected chi connectivity index (χ4v) is 3.67. The maximum Gasteiger partial charge on any atom is 0.0567 e. The highest BCUT2D eigenvalue weighted by molar-refractivity contribution is 7.10. The molecule has 1 aromatic heterocycles. The Hall–Kier alpha value is -0.0900. The molecule has 3 rings (SSSR count). The lowest BCUT2D eigenvalue weighted by Gasteiger charge is -2.30. The Morgan fingerprint density at radius 3 is 2.65 bits per heavy atom. The van der Waals surface area contributed by atoms with E-state index in [1.807, 2.05) is 5.38 Å². The molecule has 17 heavy (non-hydrogen) atoms. The van der Waals surface area contributed by atoms with Crippen LogP contribution in [0, 0.1) is 5.92 Å². The quantitative estimate of drug-likeness (QED) is 0.860. The van der Waals surface area contributed by atoms with Crippen LogP contribution in [0.25, 0.3) is 0 Å². The van der Waals surface area contributed by atoms with E-state index in [1.54, 1.807) is 11.3 Å². The van der Waals surface area contributed by atoms with E-state index in [0.717, 1.165) is 17.0 Å². The van der Waals surface area contributed by atoms with E-state index in [4.69, 9.17) is 17.3 Å². The topological polar surface area (TPSA) is 29.3 Å². The average Bonchev–Trinajstić information content (AvgIpc) is 3.20. The van der Waals surface area contributed by atoms with Crippen molar-refractivity contribution < 1.29 is 0 Å². The number of rotatable bonds is 6. The zero-order chi connectivity index (χ0) is 11.8. The predicted octanol–water partition coefficient (Wildman–Crippen LogP) is 3.28. The van der Waals surface area contributed by atoms with Gasteiger partial charge in [0.1, 0.15) is 0 Å². The summed E-state index contributed by atoms with van der Waals surface area (Å²) in [6, 6.07) is 3.26. The van der Waals surface area contributed by atoms with Gasteiger partial charge in [0.05, 0.1) is 11.1 Å². The van der Waals surface area contributed by atoms with Gasteiger partial charge in [-0.05, 0) is 37.7 Å². The molecule has 1 aromatic rings. The van der Waals surface area contributed by atoms with Gasteiger partial charge in [-0.25, -0.2) is 0 Å².